The zero-order valence-corrected chi connectivity index (χ0v) is 13.4. The zero-order valence-electron chi connectivity index (χ0n) is 12.6. The van der Waals surface area contributed by atoms with Crippen LogP contribution in [0.2, 0.25) is 5.15 Å². The summed E-state index contributed by atoms with van der Waals surface area (Å²) in [5.41, 5.74) is 1.12. The molecule has 6 nitrogen and oxygen atoms in total. The summed E-state index contributed by atoms with van der Waals surface area (Å²) in [4.78, 5) is 25.6. The van der Waals surface area contributed by atoms with Crippen molar-refractivity contribution in [1.82, 2.24) is 20.0 Å². The van der Waals surface area contributed by atoms with E-state index in [1.807, 2.05) is 13.8 Å². The van der Waals surface area contributed by atoms with Gasteiger partial charge in [0.2, 0.25) is 5.91 Å². The van der Waals surface area contributed by atoms with Gasteiger partial charge >= 0.3 is 0 Å². The first kappa shape index (κ1) is 15.8. The lowest BCUT2D eigenvalue weighted by Crippen LogP contribution is -2.35. The molecule has 1 aliphatic rings. The van der Waals surface area contributed by atoms with Crippen LogP contribution in [0, 0.1) is 0 Å². The van der Waals surface area contributed by atoms with E-state index in [9.17, 15) is 9.59 Å². The Labute approximate surface area is 129 Å². The minimum atomic E-state index is -0.233. The van der Waals surface area contributed by atoms with Crippen LogP contribution < -0.4 is 5.32 Å². The molecule has 1 saturated heterocycles. The predicted molar refractivity (Wildman–Crippen MR) is 80.5 cm³/mol. The van der Waals surface area contributed by atoms with Crippen molar-refractivity contribution in [3.63, 3.8) is 0 Å². The van der Waals surface area contributed by atoms with Gasteiger partial charge in [0.25, 0.3) is 5.91 Å². The first-order valence-electron chi connectivity index (χ1n) is 7.20. The highest BCUT2D eigenvalue weighted by Gasteiger charge is 2.24. The number of carbonyl (C=O) groups is 2. The average molecular weight is 313 g/mol. The standard InChI is InChI=1S/C14H21ClN4O2/c1-9(2)12-11(13(15)18(3)17-12)14(21)16-6-8-19-7-4-5-10(19)20/h9H,4-8H2,1-3H3,(H,16,21). The van der Waals surface area contributed by atoms with Gasteiger partial charge < -0.3 is 10.2 Å². The molecule has 0 aromatic carbocycles. The van der Waals surface area contributed by atoms with Crippen molar-refractivity contribution in [2.24, 2.45) is 7.05 Å². The lowest BCUT2D eigenvalue weighted by Gasteiger charge is -2.15. The van der Waals surface area contributed by atoms with E-state index in [0.717, 1.165) is 13.0 Å². The number of likely N-dealkylation sites (tertiary alicyclic amines) is 1. The summed E-state index contributed by atoms with van der Waals surface area (Å²) in [6, 6.07) is 0. The van der Waals surface area contributed by atoms with Crippen LogP contribution >= 0.6 is 11.6 Å². The molecule has 0 unspecified atom stereocenters. The quantitative estimate of drug-likeness (QED) is 0.897. The maximum absolute atomic E-state index is 12.3. The number of halogens is 1. The third-order valence-electron chi connectivity index (χ3n) is 3.62. The number of hydrogen-bond donors (Lipinski definition) is 1. The summed E-state index contributed by atoms with van der Waals surface area (Å²) in [6.45, 7) is 5.68. The molecule has 2 heterocycles. The first-order valence-corrected chi connectivity index (χ1v) is 7.58. The second kappa shape index (κ2) is 6.47. The van der Waals surface area contributed by atoms with Crippen molar-refractivity contribution in [3.8, 4) is 0 Å². The second-order valence-electron chi connectivity index (χ2n) is 5.57. The molecule has 0 aliphatic carbocycles. The number of aromatic nitrogens is 2. The largest absolute Gasteiger partial charge is 0.350 e. The molecular weight excluding hydrogens is 292 g/mol. The van der Waals surface area contributed by atoms with Crippen LogP contribution in [-0.2, 0) is 11.8 Å². The van der Waals surface area contributed by atoms with Gasteiger partial charge in [0, 0.05) is 33.1 Å². The fraction of sp³-hybridized carbons (Fsp3) is 0.643. The topological polar surface area (TPSA) is 67.2 Å². The molecule has 0 bridgehead atoms. The number of hydrogen-bond acceptors (Lipinski definition) is 3. The Morgan fingerprint density at radius 2 is 2.19 bits per heavy atom. The number of rotatable bonds is 5. The Hall–Kier alpha value is -1.56. The van der Waals surface area contributed by atoms with Crippen LogP contribution in [0.1, 0.15) is 48.7 Å². The van der Waals surface area contributed by atoms with E-state index < -0.39 is 0 Å². The molecule has 0 spiro atoms. The Morgan fingerprint density at radius 1 is 1.48 bits per heavy atom. The van der Waals surface area contributed by atoms with Gasteiger partial charge in [-0.15, -0.1) is 0 Å². The average Bonchev–Trinajstić information content (AvgIpc) is 2.95. The molecule has 1 aromatic heterocycles. The number of carbonyl (C=O) groups excluding carboxylic acids is 2. The van der Waals surface area contributed by atoms with Gasteiger partial charge in [0.15, 0.2) is 0 Å². The Kier molecular flexibility index (Phi) is 4.88. The van der Waals surface area contributed by atoms with E-state index in [-0.39, 0.29) is 17.7 Å². The van der Waals surface area contributed by atoms with Crippen molar-refractivity contribution >= 4 is 23.4 Å². The van der Waals surface area contributed by atoms with E-state index in [2.05, 4.69) is 10.4 Å². The van der Waals surface area contributed by atoms with Gasteiger partial charge in [-0.3, -0.25) is 14.3 Å². The molecular formula is C14H21ClN4O2. The summed E-state index contributed by atoms with van der Waals surface area (Å²) in [5, 5.41) is 7.45. The van der Waals surface area contributed by atoms with Crippen molar-refractivity contribution in [1.29, 1.82) is 0 Å². The highest BCUT2D eigenvalue weighted by molar-refractivity contribution is 6.33. The first-order chi connectivity index (χ1) is 9.91. The van der Waals surface area contributed by atoms with Crippen molar-refractivity contribution < 1.29 is 9.59 Å². The van der Waals surface area contributed by atoms with Crippen LogP contribution in [0.5, 0.6) is 0 Å². The lowest BCUT2D eigenvalue weighted by atomic mass is 10.1. The molecule has 2 rings (SSSR count). The van der Waals surface area contributed by atoms with Crippen LogP contribution in [0.25, 0.3) is 0 Å². The molecule has 7 heteroatoms. The molecule has 116 valence electrons. The minimum Gasteiger partial charge on any atom is -0.350 e. The summed E-state index contributed by atoms with van der Waals surface area (Å²) >= 11 is 6.16. The van der Waals surface area contributed by atoms with Crippen molar-refractivity contribution in [3.05, 3.63) is 16.4 Å². The van der Waals surface area contributed by atoms with Gasteiger partial charge in [-0.25, -0.2) is 0 Å². The van der Waals surface area contributed by atoms with Gasteiger partial charge in [0.1, 0.15) is 5.15 Å². The van der Waals surface area contributed by atoms with E-state index in [1.165, 1.54) is 4.68 Å². The van der Waals surface area contributed by atoms with E-state index in [0.29, 0.717) is 35.9 Å². The fourth-order valence-corrected chi connectivity index (χ4v) is 2.69. The molecule has 1 aliphatic heterocycles. The maximum atomic E-state index is 12.3. The van der Waals surface area contributed by atoms with Crippen molar-refractivity contribution in [2.75, 3.05) is 19.6 Å². The number of aryl methyl sites for hydroxylation is 1. The third kappa shape index (κ3) is 3.37. The maximum Gasteiger partial charge on any atom is 0.256 e. The van der Waals surface area contributed by atoms with Crippen LogP contribution in [0.4, 0.5) is 0 Å². The smallest absolute Gasteiger partial charge is 0.256 e. The van der Waals surface area contributed by atoms with Crippen LogP contribution in [0.15, 0.2) is 0 Å². The molecule has 2 amide bonds. The molecule has 1 aromatic rings. The SMILES string of the molecule is CC(C)c1nn(C)c(Cl)c1C(=O)NCCN1CCCC1=O. The van der Waals surface area contributed by atoms with Gasteiger partial charge in [-0.05, 0) is 12.3 Å². The highest BCUT2D eigenvalue weighted by atomic mass is 35.5. The Balaban J connectivity index is 1.98. The molecule has 0 radical (unpaired) electrons. The summed E-state index contributed by atoms with van der Waals surface area (Å²) in [7, 11) is 1.72. The van der Waals surface area contributed by atoms with Crippen LogP contribution in [0.3, 0.4) is 0 Å². The van der Waals surface area contributed by atoms with Crippen LogP contribution in [-0.4, -0.2) is 46.1 Å². The molecule has 0 atom stereocenters. The summed E-state index contributed by atoms with van der Waals surface area (Å²) < 4.78 is 1.51. The van der Waals surface area contributed by atoms with Gasteiger partial charge in [0.05, 0.1) is 11.3 Å². The molecule has 0 saturated carbocycles. The lowest BCUT2D eigenvalue weighted by molar-refractivity contribution is -0.127. The minimum absolute atomic E-state index is 0.115. The number of nitrogens with one attached hydrogen (secondary N) is 1. The van der Waals surface area contributed by atoms with Gasteiger partial charge in [-0.2, -0.15) is 5.10 Å². The normalized spacial score (nSPS) is 15.1. The predicted octanol–water partition coefficient (Wildman–Crippen LogP) is 1.55. The fourth-order valence-electron chi connectivity index (χ4n) is 2.47. The zero-order chi connectivity index (χ0) is 15.6. The number of nitrogens with zero attached hydrogens (tertiary/aromatic N) is 3. The van der Waals surface area contributed by atoms with Gasteiger partial charge in [-0.1, -0.05) is 25.4 Å². The molecule has 1 fully saturated rings. The summed E-state index contributed by atoms with van der Waals surface area (Å²) in [6.07, 6.45) is 1.51. The Bertz CT molecular complexity index is 553. The van der Waals surface area contributed by atoms with E-state index >= 15 is 0 Å². The third-order valence-corrected chi connectivity index (χ3v) is 4.05. The van der Waals surface area contributed by atoms with Crippen molar-refractivity contribution in [2.45, 2.75) is 32.6 Å². The highest BCUT2D eigenvalue weighted by Crippen LogP contribution is 2.25. The number of amides is 2. The summed E-state index contributed by atoms with van der Waals surface area (Å²) in [5.74, 6) is 0.0413. The second-order valence-corrected chi connectivity index (χ2v) is 5.93. The molecule has 21 heavy (non-hydrogen) atoms. The molecule has 1 N–H and O–H groups in total. The monoisotopic (exact) mass is 312 g/mol. The van der Waals surface area contributed by atoms with E-state index in [1.54, 1.807) is 11.9 Å². The van der Waals surface area contributed by atoms with E-state index in [4.69, 9.17) is 11.6 Å². The Morgan fingerprint density at radius 3 is 2.76 bits per heavy atom.